The first kappa shape index (κ1) is 27.9. The number of morpholine rings is 1. The summed E-state index contributed by atoms with van der Waals surface area (Å²) in [5.74, 6) is 3.44. The summed E-state index contributed by atoms with van der Waals surface area (Å²) in [7, 11) is -2.38. The Morgan fingerprint density at radius 3 is 2.24 bits per heavy atom. The molecule has 1 amide bonds. The number of carbonyl (C=O) groups is 1. The van der Waals surface area contributed by atoms with E-state index >= 15 is 0 Å². The number of carbonyl (C=O) groups excluding carboxylic acids is 1. The Hall–Kier alpha value is -2.36. The van der Waals surface area contributed by atoms with Gasteiger partial charge in [0.1, 0.15) is 13.2 Å². The number of nitrogens with zero attached hydrogens (tertiary/aromatic N) is 2. The molecule has 2 aliphatic heterocycles. The first-order valence-electron chi connectivity index (χ1n) is 10.9. The van der Waals surface area contributed by atoms with Crippen LogP contribution in [0.4, 0.5) is 13.2 Å². The van der Waals surface area contributed by atoms with E-state index in [4.69, 9.17) is 9.52 Å². The molecule has 2 fully saturated rings. The fourth-order valence-electron chi connectivity index (χ4n) is 3.67. The minimum atomic E-state index is -4.45. The molecule has 2 heterocycles. The lowest BCUT2D eigenvalue weighted by Crippen LogP contribution is -2.60. The average Bonchev–Trinajstić information content (AvgIpc) is 2.77. The zero-order valence-electron chi connectivity index (χ0n) is 19.9. The zero-order valence-corrected chi connectivity index (χ0v) is 20.7. The number of hydrogen-bond acceptors (Lipinski definition) is 3. The van der Waals surface area contributed by atoms with Crippen molar-refractivity contribution in [3.8, 4) is 0 Å². The summed E-state index contributed by atoms with van der Waals surface area (Å²) in [6.07, 6.45) is 5.65. The third-order valence-electron chi connectivity index (χ3n) is 6.10. The Balaban J connectivity index is 2.00. The van der Waals surface area contributed by atoms with Crippen molar-refractivity contribution >= 4 is 21.4 Å². The van der Waals surface area contributed by atoms with Crippen molar-refractivity contribution in [3.05, 3.63) is 71.7 Å². The predicted molar refractivity (Wildman–Crippen MR) is 134 cm³/mol. The summed E-state index contributed by atoms with van der Waals surface area (Å²) in [5.41, 5.74) is 1.71. The highest BCUT2D eigenvalue weighted by Gasteiger charge is 2.45. The molecule has 9 heteroatoms. The highest BCUT2D eigenvalue weighted by atomic mass is 32.2. The first-order valence-corrected chi connectivity index (χ1v) is 12.7. The largest absolute Gasteiger partial charge is 0.406 e. The Labute approximate surface area is 201 Å². The molecule has 2 rings (SSSR count). The molecule has 0 bridgehead atoms. The quantitative estimate of drug-likeness (QED) is 0.370. The molecule has 1 unspecified atom stereocenters. The third kappa shape index (κ3) is 7.32. The van der Waals surface area contributed by atoms with Crippen LogP contribution in [0.25, 0.3) is 0 Å². The molecular formula is C25H34F3N3O2S. The predicted octanol–water partition coefficient (Wildman–Crippen LogP) is 5.21. The minimum Gasteiger partial charge on any atom is -0.363 e. The lowest BCUT2D eigenvalue weighted by atomic mass is 9.90. The summed E-state index contributed by atoms with van der Waals surface area (Å²) in [6.45, 7) is 15.1. The standard InChI is InChI=1S/C25H34F3N3O2S/c1-7-19(2)8-9-20(3)21(4)10-11-22(5)34(6,29)31-14-12-24(13-15-31)17-30(18-25(26,27)28)23(32)16-33-24/h7-11,29H,3-6,12-18H2,1-2H3/b9-8-,11-10-,19-7+. The number of rotatable bonds is 8. The number of allylic oxidation sites excluding steroid dienone is 8. The molecule has 0 aromatic carbocycles. The van der Waals surface area contributed by atoms with Gasteiger partial charge in [-0.15, -0.1) is 0 Å². The SMILES string of the molecule is C=C(/C=C\C(=C)S(=C)(=N)N1CCC2(CC1)CN(CC(F)(F)F)C(=O)CO2)C(=C)/C=C\C(C)=C\C. The Morgan fingerprint density at radius 2 is 1.71 bits per heavy atom. The van der Waals surface area contributed by atoms with Crippen molar-refractivity contribution in [2.24, 2.45) is 0 Å². The van der Waals surface area contributed by atoms with Crippen molar-refractivity contribution in [2.45, 2.75) is 38.5 Å². The molecule has 0 aromatic rings. The van der Waals surface area contributed by atoms with Crippen molar-refractivity contribution in [1.29, 1.82) is 4.78 Å². The van der Waals surface area contributed by atoms with Crippen LogP contribution in [0.3, 0.4) is 0 Å². The second-order valence-corrected chi connectivity index (χ2v) is 11.1. The average molecular weight is 498 g/mol. The van der Waals surface area contributed by atoms with E-state index in [2.05, 4.69) is 25.6 Å². The molecule has 1 N–H and O–H groups in total. The monoisotopic (exact) mass is 497 g/mol. The molecule has 1 spiro atoms. The highest BCUT2D eigenvalue weighted by molar-refractivity contribution is 8.02. The molecule has 0 aromatic heterocycles. The van der Waals surface area contributed by atoms with Gasteiger partial charge in [-0.05, 0) is 49.8 Å². The van der Waals surface area contributed by atoms with Gasteiger partial charge in [-0.3, -0.25) is 9.57 Å². The van der Waals surface area contributed by atoms with Crippen LogP contribution in [0.2, 0.25) is 0 Å². The van der Waals surface area contributed by atoms with Gasteiger partial charge in [0, 0.05) is 18.0 Å². The molecule has 2 aliphatic rings. The lowest BCUT2D eigenvalue weighted by Gasteiger charge is -2.48. The summed E-state index contributed by atoms with van der Waals surface area (Å²) in [4.78, 5) is 13.3. The number of amides is 1. The van der Waals surface area contributed by atoms with E-state index in [0.29, 0.717) is 36.4 Å². The van der Waals surface area contributed by atoms with E-state index in [-0.39, 0.29) is 13.2 Å². The third-order valence-corrected chi connectivity index (χ3v) is 8.35. The molecule has 188 valence electrons. The number of ether oxygens (including phenoxy) is 1. The highest BCUT2D eigenvalue weighted by Crippen LogP contribution is 2.34. The summed E-state index contributed by atoms with van der Waals surface area (Å²) in [6, 6.07) is 0. The second-order valence-electron chi connectivity index (χ2n) is 8.68. The van der Waals surface area contributed by atoms with Gasteiger partial charge in [-0.25, -0.2) is 4.31 Å². The van der Waals surface area contributed by atoms with Crippen LogP contribution in [-0.4, -0.2) is 65.5 Å². The summed E-state index contributed by atoms with van der Waals surface area (Å²) < 4.78 is 55.0. The number of halogens is 3. The van der Waals surface area contributed by atoms with Crippen LogP contribution >= 0.6 is 0 Å². The van der Waals surface area contributed by atoms with Gasteiger partial charge in [0.05, 0.1) is 12.1 Å². The van der Waals surface area contributed by atoms with Gasteiger partial charge in [0.25, 0.3) is 0 Å². The molecular weight excluding hydrogens is 463 g/mol. The van der Waals surface area contributed by atoms with Gasteiger partial charge in [0.2, 0.25) is 5.91 Å². The van der Waals surface area contributed by atoms with Gasteiger partial charge in [-0.2, -0.15) is 13.2 Å². The van der Waals surface area contributed by atoms with Crippen LogP contribution in [-0.2, 0) is 19.1 Å². The van der Waals surface area contributed by atoms with E-state index in [1.54, 1.807) is 12.2 Å². The molecule has 5 nitrogen and oxygen atoms in total. The van der Waals surface area contributed by atoms with Crippen molar-refractivity contribution in [3.63, 3.8) is 0 Å². The Kier molecular flexibility index (Phi) is 8.96. The van der Waals surface area contributed by atoms with E-state index < -0.39 is 33.8 Å². The van der Waals surface area contributed by atoms with Crippen LogP contribution in [0.1, 0.15) is 26.7 Å². The normalized spacial score (nSPS) is 21.9. The fraction of sp³-hybridized carbons (Fsp3) is 0.440. The van der Waals surface area contributed by atoms with E-state index in [1.165, 1.54) is 0 Å². The van der Waals surface area contributed by atoms with E-state index in [0.717, 1.165) is 16.0 Å². The van der Waals surface area contributed by atoms with Crippen LogP contribution in [0.15, 0.2) is 71.7 Å². The molecule has 0 saturated carbocycles. The Morgan fingerprint density at radius 1 is 1.15 bits per heavy atom. The molecule has 0 aliphatic carbocycles. The maximum atomic E-state index is 12.8. The fourth-order valence-corrected chi connectivity index (χ4v) is 5.10. The molecule has 0 radical (unpaired) electrons. The number of piperidine rings is 1. The smallest absolute Gasteiger partial charge is 0.363 e. The van der Waals surface area contributed by atoms with E-state index in [9.17, 15) is 18.0 Å². The number of nitrogens with one attached hydrogen (secondary N) is 1. The summed E-state index contributed by atoms with van der Waals surface area (Å²) in [5, 5.41) is 0. The maximum absolute atomic E-state index is 12.8. The lowest BCUT2D eigenvalue weighted by molar-refractivity contribution is -0.193. The van der Waals surface area contributed by atoms with Crippen molar-refractivity contribution < 1.29 is 22.7 Å². The van der Waals surface area contributed by atoms with Crippen molar-refractivity contribution in [1.82, 2.24) is 9.21 Å². The molecule has 34 heavy (non-hydrogen) atoms. The van der Waals surface area contributed by atoms with Crippen LogP contribution < -0.4 is 0 Å². The van der Waals surface area contributed by atoms with E-state index in [1.807, 2.05) is 36.4 Å². The first-order chi connectivity index (χ1) is 15.7. The Bertz CT molecular complexity index is 1030. The topological polar surface area (TPSA) is 56.6 Å². The molecule has 1 atom stereocenters. The second kappa shape index (κ2) is 10.9. The van der Waals surface area contributed by atoms with Crippen LogP contribution in [0.5, 0.6) is 0 Å². The van der Waals surface area contributed by atoms with Crippen molar-refractivity contribution in [2.75, 3.05) is 32.8 Å². The van der Waals surface area contributed by atoms with Gasteiger partial charge in [0.15, 0.2) is 0 Å². The molecule has 2 saturated heterocycles. The summed E-state index contributed by atoms with van der Waals surface area (Å²) >= 11 is 0. The zero-order chi connectivity index (χ0) is 25.7. The maximum Gasteiger partial charge on any atom is 0.406 e. The van der Waals surface area contributed by atoms with Gasteiger partial charge in [-0.1, -0.05) is 59.2 Å². The van der Waals surface area contributed by atoms with Gasteiger partial charge < -0.3 is 9.64 Å². The minimum absolute atomic E-state index is 0.0976. The number of hydrogen-bond donors (Lipinski definition) is 1. The van der Waals surface area contributed by atoms with Crippen LogP contribution in [0, 0.1) is 4.78 Å². The number of alkyl halides is 3. The van der Waals surface area contributed by atoms with Gasteiger partial charge >= 0.3 is 6.18 Å².